The molecular formula is C10H24N4O. The highest BCUT2D eigenvalue weighted by molar-refractivity contribution is 5.79. The lowest BCUT2D eigenvalue weighted by Gasteiger charge is -2.29. The molecule has 3 N–H and O–H groups in total. The summed E-state index contributed by atoms with van der Waals surface area (Å²) in [5, 5.41) is 0. The molecule has 0 amide bonds. The standard InChI is InChI=1S/C10H24N4O/c1-8(2)12-10(13-11)14(9(3)4)6-7-15-5/h8-9H,6-7,11H2,1-5H3,(H,12,13). The highest BCUT2D eigenvalue weighted by Gasteiger charge is 2.13. The van der Waals surface area contributed by atoms with Crippen molar-refractivity contribution in [1.29, 1.82) is 0 Å². The zero-order chi connectivity index (χ0) is 11.8. The summed E-state index contributed by atoms with van der Waals surface area (Å²) in [6.07, 6.45) is 0. The molecule has 0 fully saturated rings. The van der Waals surface area contributed by atoms with Crippen molar-refractivity contribution in [2.75, 3.05) is 20.3 Å². The zero-order valence-electron chi connectivity index (χ0n) is 10.4. The number of nitrogens with two attached hydrogens (primary N) is 1. The Kier molecular flexibility index (Phi) is 7.07. The first kappa shape index (κ1) is 14.2. The number of guanidine groups is 1. The molecule has 0 aromatic heterocycles. The van der Waals surface area contributed by atoms with Gasteiger partial charge in [-0.05, 0) is 27.7 Å². The van der Waals surface area contributed by atoms with Gasteiger partial charge in [0.05, 0.1) is 6.61 Å². The molecule has 0 unspecified atom stereocenters. The first-order valence-corrected chi connectivity index (χ1v) is 5.32. The van der Waals surface area contributed by atoms with Crippen LogP contribution in [-0.4, -0.2) is 43.2 Å². The number of hydrogen-bond donors (Lipinski definition) is 2. The van der Waals surface area contributed by atoms with Crippen LogP contribution in [0.5, 0.6) is 0 Å². The number of ether oxygens (including phenoxy) is 1. The second kappa shape index (κ2) is 7.48. The smallest absolute Gasteiger partial charge is 0.208 e. The van der Waals surface area contributed by atoms with Gasteiger partial charge in [0.25, 0.3) is 0 Å². The molecule has 90 valence electrons. The van der Waals surface area contributed by atoms with Crippen LogP contribution in [0.25, 0.3) is 0 Å². The van der Waals surface area contributed by atoms with Crippen molar-refractivity contribution in [3.63, 3.8) is 0 Å². The molecule has 5 heteroatoms. The summed E-state index contributed by atoms with van der Waals surface area (Å²) >= 11 is 0. The molecule has 0 rings (SSSR count). The number of aliphatic imine (C=N–C) groups is 1. The van der Waals surface area contributed by atoms with E-state index in [-0.39, 0.29) is 6.04 Å². The maximum absolute atomic E-state index is 5.47. The summed E-state index contributed by atoms with van der Waals surface area (Å²) in [6.45, 7) is 9.69. The molecule has 0 heterocycles. The van der Waals surface area contributed by atoms with Gasteiger partial charge in [0.15, 0.2) is 0 Å². The highest BCUT2D eigenvalue weighted by Crippen LogP contribution is 2.00. The van der Waals surface area contributed by atoms with Gasteiger partial charge in [-0.3, -0.25) is 5.43 Å². The van der Waals surface area contributed by atoms with Gasteiger partial charge < -0.3 is 9.64 Å². The molecule has 0 aliphatic rings. The van der Waals surface area contributed by atoms with Crippen molar-refractivity contribution >= 4 is 5.96 Å². The predicted molar refractivity (Wildman–Crippen MR) is 63.6 cm³/mol. The molecule has 0 atom stereocenters. The van der Waals surface area contributed by atoms with E-state index in [0.717, 1.165) is 12.5 Å². The number of nitrogens with zero attached hydrogens (tertiary/aromatic N) is 2. The Labute approximate surface area is 92.7 Å². The van der Waals surface area contributed by atoms with Gasteiger partial charge in [-0.15, -0.1) is 0 Å². The quantitative estimate of drug-likeness (QED) is 0.305. The summed E-state index contributed by atoms with van der Waals surface area (Å²) < 4.78 is 5.06. The van der Waals surface area contributed by atoms with E-state index in [9.17, 15) is 0 Å². The van der Waals surface area contributed by atoms with Crippen LogP contribution in [0.15, 0.2) is 4.99 Å². The minimum Gasteiger partial charge on any atom is -0.383 e. The van der Waals surface area contributed by atoms with Crippen LogP contribution in [0.3, 0.4) is 0 Å². The van der Waals surface area contributed by atoms with E-state index in [1.807, 2.05) is 13.8 Å². The van der Waals surface area contributed by atoms with Gasteiger partial charge in [0.1, 0.15) is 0 Å². The van der Waals surface area contributed by atoms with Crippen LogP contribution in [0.1, 0.15) is 27.7 Å². The lowest BCUT2D eigenvalue weighted by molar-refractivity contribution is 0.165. The summed E-state index contributed by atoms with van der Waals surface area (Å²) in [4.78, 5) is 6.51. The predicted octanol–water partition coefficient (Wildman–Crippen LogP) is 0.571. The Hall–Kier alpha value is -0.810. The van der Waals surface area contributed by atoms with E-state index >= 15 is 0 Å². The Balaban J connectivity index is 4.55. The van der Waals surface area contributed by atoms with Crippen LogP contribution in [0.2, 0.25) is 0 Å². The SMILES string of the molecule is COCCN(C(=NC(C)C)NN)C(C)C. The molecule has 0 aromatic carbocycles. The largest absolute Gasteiger partial charge is 0.383 e. The molecule has 15 heavy (non-hydrogen) atoms. The van der Waals surface area contributed by atoms with Crippen LogP contribution in [0, 0.1) is 0 Å². The second-order valence-corrected chi connectivity index (χ2v) is 3.97. The molecule has 0 aliphatic heterocycles. The number of rotatable bonds is 5. The first-order valence-electron chi connectivity index (χ1n) is 5.32. The third-order valence-electron chi connectivity index (χ3n) is 1.94. The third-order valence-corrected chi connectivity index (χ3v) is 1.94. The molecule has 0 spiro atoms. The van der Waals surface area contributed by atoms with E-state index in [2.05, 4.69) is 29.2 Å². The van der Waals surface area contributed by atoms with E-state index < -0.39 is 0 Å². The molecule has 0 saturated heterocycles. The van der Waals surface area contributed by atoms with Crippen molar-refractivity contribution in [3.8, 4) is 0 Å². The maximum atomic E-state index is 5.47. The van der Waals surface area contributed by atoms with Crippen molar-refractivity contribution in [1.82, 2.24) is 10.3 Å². The van der Waals surface area contributed by atoms with Crippen LogP contribution in [0.4, 0.5) is 0 Å². The topological polar surface area (TPSA) is 62.9 Å². The van der Waals surface area contributed by atoms with Crippen LogP contribution >= 0.6 is 0 Å². The van der Waals surface area contributed by atoms with Gasteiger partial charge in [0.2, 0.25) is 5.96 Å². The highest BCUT2D eigenvalue weighted by atomic mass is 16.5. The fraction of sp³-hybridized carbons (Fsp3) is 0.900. The number of methoxy groups -OCH3 is 1. The van der Waals surface area contributed by atoms with Crippen molar-refractivity contribution < 1.29 is 4.74 Å². The normalized spacial score (nSPS) is 12.4. The molecule has 0 aromatic rings. The molecule has 0 bridgehead atoms. The van der Waals surface area contributed by atoms with Gasteiger partial charge >= 0.3 is 0 Å². The van der Waals surface area contributed by atoms with Crippen LogP contribution < -0.4 is 11.3 Å². The first-order chi connectivity index (χ1) is 7.02. The van der Waals surface area contributed by atoms with Crippen LogP contribution in [-0.2, 0) is 4.74 Å². The fourth-order valence-electron chi connectivity index (χ4n) is 1.24. The number of hydrogen-bond acceptors (Lipinski definition) is 3. The minimum absolute atomic E-state index is 0.222. The molecule has 5 nitrogen and oxygen atoms in total. The van der Waals surface area contributed by atoms with Gasteiger partial charge in [0, 0.05) is 25.7 Å². The van der Waals surface area contributed by atoms with E-state index in [4.69, 9.17) is 10.6 Å². The molecule has 0 aliphatic carbocycles. The van der Waals surface area contributed by atoms with E-state index in [0.29, 0.717) is 12.6 Å². The summed E-state index contributed by atoms with van der Waals surface area (Å²) in [5.41, 5.74) is 2.64. The van der Waals surface area contributed by atoms with Crippen molar-refractivity contribution in [2.24, 2.45) is 10.8 Å². The van der Waals surface area contributed by atoms with Gasteiger partial charge in [-0.1, -0.05) is 0 Å². The number of hydrazine groups is 1. The van der Waals surface area contributed by atoms with Gasteiger partial charge in [-0.2, -0.15) is 0 Å². The Morgan fingerprint density at radius 1 is 1.40 bits per heavy atom. The lowest BCUT2D eigenvalue weighted by atomic mass is 10.3. The zero-order valence-corrected chi connectivity index (χ0v) is 10.4. The maximum Gasteiger partial charge on any atom is 0.208 e. The van der Waals surface area contributed by atoms with Gasteiger partial charge in [-0.25, -0.2) is 10.8 Å². The lowest BCUT2D eigenvalue weighted by Crippen LogP contribution is -2.49. The molecule has 0 radical (unpaired) electrons. The minimum atomic E-state index is 0.222. The van der Waals surface area contributed by atoms with E-state index in [1.54, 1.807) is 7.11 Å². The summed E-state index contributed by atoms with van der Waals surface area (Å²) in [6, 6.07) is 0.563. The average Bonchev–Trinajstić information content (AvgIpc) is 2.15. The third kappa shape index (κ3) is 5.59. The summed E-state index contributed by atoms with van der Waals surface area (Å²) in [7, 11) is 1.69. The fourth-order valence-corrected chi connectivity index (χ4v) is 1.24. The van der Waals surface area contributed by atoms with Crippen molar-refractivity contribution in [3.05, 3.63) is 0 Å². The summed E-state index contributed by atoms with van der Waals surface area (Å²) in [5.74, 6) is 6.19. The Morgan fingerprint density at radius 2 is 2.00 bits per heavy atom. The molecule has 0 saturated carbocycles. The monoisotopic (exact) mass is 216 g/mol. The Bertz CT molecular complexity index is 192. The number of nitrogens with one attached hydrogen (secondary N) is 1. The average molecular weight is 216 g/mol. The second-order valence-electron chi connectivity index (χ2n) is 3.97. The molecular weight excluding hydrogens is 192 g/mol. The van der Waals surface area contributed by atoms with E-state index in [1.165, 1.54) is 0 Å². The Morgan fingerprint density at radius 3 is 2.33 bits per heavy atom. The van der Waals surface area contributed by atoms with Crippen molar-refractivity contribution in [2.45, 2.75) is 39.8 Å².